The molecular weight excluding hydrogens is 283 g/mol. The third-order valence-corrected chi connectivity index (χ3v) is 3.68. The van der Waals surface area contributed by atoms with E-state index in [1.807, 2.05) is 0 Å². The number of amides is 2. The molecule has 0 aromatic heterocycles. The van der Waals surface area contributed by atoms with Crippen LogP contribution in [-0.2, 0) is 4.79 Å². The lowest BCUT2D eigenvalue weighted by atomic mass is 10.1. The average molecular weight is 298 g/mol. The summed E-state index contributed by atoms with van der Waals surface area (Å²) in [5, 5.41) is 2.78. The van der Waals surface area contributed by atoms with Gasteiger partial charge in [-0.1, -0.05) is 24.3 Å². The highest BCUT2D eigenvalue weighted by Crippen LogP contribution is 2.32. The maximum absolute atomic E-state index is 13.9. The van der Waals surface area contributed by atoms with Crippen LogP contribution in [0.3, 0.4) is 0 Å². The van der Waals surface area contributed by atoms with Gasteiger partial charge in [0.15, 0.2) is 0 Å². The van der Waals surface area contributed by atoms with Gasteiger partial charge < -0.3 is 10.2 Å². The molecule has 1 unspecified atom stereocenters. The van der Waals surface area contributed by atoms with Crippen LogP contribution in [0, 0.1) is 5.82 Å². The van der Waals surface area contributed by atoms with E-state index in [9.17, 15) is 14.0 Å². The van der Waals surface area contributed by atoms with Crippen molar-refractivity contribution in [2.24, 2.45) is 0 Å². The molecule has 112 valence electrons. The van der Waals surface area contributed by atoms with Crippen LogP contribution < -0.4 is 10.2 Å². The number of nitrogens with zero attached hydrogens (tertiary/aromatic N) is 1. The first kappa shape index (κ1) is 14.3. The number of fused-ring (bicyclic) bond motifs is 1. The minimum absolute atomic E-state index is 0.00139. The lowest BCUT2D eigenvalue weighted by Gasteiger charge is -2.28. The molecule has 0 fully saturated rings. The highest BCUT2D eigenvalue weighted by molar-refractivity contribution is 6.11. The number of para-hydroxylation sites is 2. The summed E-state index contributed by atoms with van der Waals surface area (Å²) in [6, 6.07) is 12.5. The van der Waals surface area contributed by atoms with Gasteiger partial charge >= 0.3 is 0 Å². The Balaban J connectivity index is 2.10. The summed E-state index contributed by atoms with van der Waals surface area (Å²) >= 11 is 0. The molecule has 2 aromatic rings. The normalized spacial score (nSPS) is 17.5. The molecule has 2 amide bonds. The number of hydrogen-bond donors (Lipinski definition) is 1. The van der Waals surface area contributed by atoms with Gasteiger partial charge in [0.25, 0.3) is 5.91 Å². The number of hydrogen-bond acceptors (Lipinski definition) is 2. The van der Waals surface area contributed by atoms with Crippen LogP contribution in [0.5, 0.6) is 0 Å². The van der Waals surface area contributed by atoms with Crippen molar-refractivity contribution in [3.8, 4) is 0 Å². The molecule has 1 heterocycles. The Kier molecular flexibility index (Phi) is 3.63. The molecule has 1 N–H and O–H groups in total. The molecule has 5 heteroatoms. The van der Waals surface area contributed by atoms with Crippen LogP contribution in [0.2, 0.25) is 0 Å². The SMILES string of the molecule is CC1CC(=O)Nc2ccccc2N1C(=O)c1ccccc1F. The predicted molar refractivity (Wildman–Crippen MR) is 82.4 cm³/mol. The van der Waals surface area contributed by atoms with Crippen molar-refractivity contribution in [2.75, 3.05) is 10.2 Å². The lowest BCUT2D eigenvalue weighted by Crippen LogP contribution is -2.39. The van der Waals surface area contributed by atoms with Crippen molar-refractivity contribution in [1.82, 2.24) is 0 Å². The Bertz CT molecular complexity index is 745. The molecule has 3 rings (SSSR count). The van der Waals surface area contributed by atoms with E-state index >= 15 is 0 Å². The van der Waals surface area contributed by atoms with Crippen molar-refractivity contribution < 1.29 is 14.0 Å². The van der Waals surface area contributed by atoms with E-state index < -0.39 is 11.7 Å². The number of nitrogens with one attached hydrogen (secondary N) is 1. The van der Waals surface area contributed by atoms with Gasteiger partial charge in [0, 0.05) is 12.5 Å². The first-order valence-corrected chi connectivity index (χ1v) is 7.05. The topological polar surface area (TPSA) is 49.4 Å². The predicted octanol–water partition coefficient (Wildman–Crippen LogP) is 3.20. The van der Waals surface area contributed by atoms with E-state index in [1.54, 1.807) is 37.3 Å². The number of carbonyl (C=O) groups excluding carboxylic acids is 2. The second-order valence-electron chi connectivity index (χ2n) is 5.27. The zero-order valence-corrected chi connectivity index (χ0v) is 12.0. The molecule has 2 aromatic carbocycles. The van der Waals surface area contributed by atoms with E-state index in [4.69, 9.17) is 0 Å². The van der Waals surface area contributed by atoms with E-state index in [2.05, 4.69) is 5.32 Å². The van der Waals surface area contributed by atoms with Gasteiger partial charge in [-0.15, -0.1) is 0 Å². The maximum Gasteiger partial charge on any atom is 0.261 e. The van der Waals surface area contributed by atoms with Gasteiger partial charge in [-0.2, -0.15) is 0 Å². The number of carbonyl (C=O) groups is 2. The van der Waals surface area contributed by atoms with Gasteiger partial charge in [0.1, 0.15) is 5.82 Å². The van der Waals surface area contributed by atoms with E-state index in [0.717, 1.165) is 0 Å². The second-order valence-corrected chi connectivity index (χ2v) is 5.27. The smallest absolute Gasteiger partial charge is 0.261 e. The molecule has 1 aliphatic heterocycles. The Morgan fingerprint density at radius 2 is 1.86 bits per heavy atom. The van der Waals surface area contributed by atoms with Gasteiger partial charge in [-0.25, -0.2) is 4.39 Å². The van der Waals surface area contributed by atoms with Crippen LogP contribution in [0.4, 0.5) is 15.8 Å². The van der Waals surface area contributed by atoms with Crippen LogP contribution in [-0.4, -0.2) is 17.9 Å². The van der Waals surface area contributed by atoms with Crippen molar-refractivity contribution in [1.29, 1.82) is 0 Å². The Morgan fingerprint density at radius 3 is 2.64 bits per heavy atom. The first-order chi connectivity index (χ1) is 10.6. The van der Waals surface area contributed by atoms with Gasteiger partial charge in [0.05, 0.1) is 16.9 Å². The third-order valence-electron chi connectivity index (χ3n) is 3.68. The van der Waals surface area contributed by atoms with Gasteiger partial charge in [-0.05, 0) is 31.2 Å². The van der Waals surface area contributed by atoms with Crippen LogP contribution in [0.1, 0.15) is 23.7 Å². The maximum atomic E-state index is 13.9. The largest absolute Gasteiger partial charge is 0.324 e. The molecule has 22 heavy (non-hydrogen) atoms. The van der Waals surface area contributed by atoms with Crippen LogP contribution >= 0.6 is 0 Å². The summed E-state index contributed by atoms with van der Waals surface area (Å²) in [6.45, 7) is 1.78. The first-order valence-electron chi connectivity index (χ1n) is 7.05. The molecule has 4 nitrogen and oxygen atoms in total. The third kappa shape index (κ3) is 2.45. The summed E-state index contributed by atoms with van der Waals surface area (Å²) < 4.78 is 13.9. The molecule has 0 radical (unpaired) electrons. The fourth-order valence-electron chi connectivity index (χ4n) is 2.66. The minimum Gasteiger partial charge on any atom is -0.324 e. The quantitative estimate of drug-likeness (QED) is 0.879. The molecule has 0 saturated carbocycles. The highest BCUT2D eigenvalue weighted by Gasteiger charge is 2.31. The summed E-state index contributed by atoms with van der Waals surface area (Å²) in [6.07, 6.45) is 0.162. The van der Waals surface area contributed by atoms with Crippen LogP contribution in [0.15, 0.2) is 48.5 Å². The number of rotatable bonds is 1. The summed E-state index contributed by atoms with van der Waals surface area (Å²) in [5.41, 5.74) is 1.13. The molecule has 1 aliphatic rings. The Morgan fingerprint density at radius 1 is 1.18 bits per heavy atom. The van der Waals surface area contributed by atoms with Crippen molar-refractivity contribution in [2.45, 2.75) is 19.4 Å². The van der Waals surface area contributed by atoms with E-state index in [-0.39, 0.29) is 23.9 Å². The second kappa shape index (κ2) is 5.60. The number of anilines is 2. The average Bonchev–Trinajstić information content (AvgIpc) is 2.61. The molecule has 0 saturated heterocycles. The molecular formula is C17H15FN2O2. The van der Waals surface area contributed by atoms with E-state index in [0.29, 0.717) is 11.4 Å². The zero-order valence-electron chi connectivity index (χ0n) is 12.0. The molecule has 0 bridgehead atoms. The van der Waals surface area contributed by atoms with Crippen molar-refractivity contribution >= 4 is 23.2 Å². The fraction of sp³-hybridized carbons (Fsp3) is 0.176. The van der Waals surface area contributed by atoms with E-state index in [1.165, 1.54) is 23.1 Å². The standard InChI is InChI=1S/C17H15FN2O2/c1-11-10-16(21)19-14-8-4-5-9-15(14)20(11)17(22)12-6-2-3-7-13(12)18/h2-9,11H,10H2,1H3,(H,19,21). The monoisotopic (exact) mass is 298 g/mol. The van der Waals surface area contributed by atoms with Crippen molar-refractivity contribution in [3.05, 3.63) is 59.9 Å². The summed E-state index contributed by atoms with van der Waals surface area (Å²) in [4.78, 5) is 26.2. The fourth-order valence-corrected chi connectivity index (χ4v) is 2.66. The minimum atomic E-state index is -0.569. The summed E-state index contributed by atoms with van der Waals surface area (Å²) in [5.74, 6) is -1.18. The number of benzene rings is 2. The molecule has 0 aliphatic carbocycles. The lowest BCUT2D eigenvalue weighted by molar-refractivity contribution is -0.116. The van der Waals surface area contributed by atoms with Gasteiger partial charge in [0.2, 0.25) is 5.91 Å². The zero-order chi connectivity index (χ0) is 15.7. The van der Waals surface area contributed by atoms with Gasteiger partial charge in [-0.3, -0.25) is 9.59 Å². The number of halogens is 1. The summed E-state index contributed by atoms with van der Waals surface area (Å²) in [7, 11) is 0. The Labute approximate surface area is 127 Å². The molecule has 1 atom stereocenters. The Hall–Kier alpha value is -2.69. The highest BCUT2D eigenvalue weighted by atomic mass is 19.1. The molecule has 0 spiro atoms. The van der Waals surface area contributed by atoms with Crippen molar-refractivity contribution in [3.63, 3.8) is 0 Å². The van der Waals surface area contributed by atoms with Crippen LogP contribution in [0.25, 0.3) is 0 Å².